The maximum atomic E-state index is 9.17. The van der Waals surface area contributed by atoms with Crippen molar-refractivity contribution in [3.63, 3.8) is 0 Å². The van der Waals surface area contributed by atoms with Crippen molar-refractivity contribution in [3.8, 4) is 11.8 Å². The summed E-state index contributed by atoms with van der Waals surface area (Å²) in [6.07, 6.45) is 8.67. The van der Waals surface area contributed by atoms with Gasteiger partial charge in [0, 0.05) is 28.7 Å². The summed E-state index contributed by atoms with van der Waals surface area (Å²) in [4.78, 5) is 3.33. The Balaban J connectivity index is 1.36. The van der Waals surface area contributed by atoms with E-state index in [1.807, 2.05) is 30.3 Å². The molecule has 4 nitrogen and oxygen atoms in total. The third-order valence-electron chi connectivity index (χ3n) is 5.55. The fourth-order valence-corrected chi connectivity index (χ4v) is 3.97. The second-order valence-electron chi connectivity index (χ2n) is 7.33. The summed E-state index contributed by atoms with van der Waals surface area (Å²) in [5.41, 5.74) is 5.72. The van der Waals surface area contributed by atoms with Crippen molar-refractivity contribution >= 4 is 16.5 Å². The zero-order valence-electron chi connectivity index (χ0n) is 16.2. The molecule has 1 aliphatic carbocycles. The maximum Gasteiger partial charge on any atom is 0.119 e. The maximum absolute atomic E-state index is 9.17. The summed E-state index contributed by atoms with van der Waals surface area (Å²) in [7, 11) is 1.71. The molecule has 0 aliphatic heterocycles. The second kappa shape index (κ2) is 8.33. The van der Waals surface area contributed by atoms with E-state index in [0.717, 1.165) is 48.9 Å². The first-order valence-corrected chi connectivity index (χ1v) is 9.84. The van der Waals surface area contributed by atoms with E-state index in [-0.39, 0.29) is 0 Å². The van der Waals surface area contributed by atoms with Crippen LogP contribution in [0.5, 0.6) is 5.75 Å². The number of hydrogen-bond donors (Lipinski definition) is 2. The van der Waals surface area contributed by atoms with Crippen molar-refractivity contribution in [2.45, 2.75) is 31.7 Å². The summed E-state index contributed by atoms with van der Waals surface area (Å²) < 4.78 is 5.29. The number of nitrogens with zero attached hydrogens (tertiary/aromatic N) is 1. The van der Waals surface area contributed by atoms with Gasteiger partial charge in [0.1, 0.15) is 5.75 Å². The summed E-state index contributed by atoms with van der Waals surface area (Å²) in [5, 5.41) is 14.0. The number of ether oxygens (including phenoxy) is 1. The Labute approximate surface area is 165 Å². The zero-order valence-corrected chi connectivity index (χ0v) is 16.2. The molecule has 2 aromatic carbocycles. The third kappa shape index (κ3) is 3.95. The molecule has 0 radical (unpaired) electrons. The Kier molecular flexibility index (Phi) is 5.45. The predicted octanol–water partition coefficient (Wildman–Crippen LogP) is 4.82. The van der Waals surface area contributed by atoms with Gasteiger partial charge in [-0.25, -0.2) is 0 Å². The smallest absolute Gasteiger partial charge is 0.119 e. The van der Waals surface area contributed by atoms with Gasteiger partial charge in [0.15, 0.2) is 0 Å². The fraction of sp³-hybridized carbons (Fsp3) is 0.292. The van der Waals surface area contributed by atoms with Gasteiger partial charge in [-0.1, -0.05) is 18.2 Å². The highest BCUT2D eigenvalue weighted by atomic mass is 16.5. The van der Waals surface area contributed by atoms with E-state index >= 15 is 0 Å². The molecule has 1 heterocycles. The zero-order chi connectivity index (χ0) is 19.3. The average molecular weight is 371 g/mol. The summed E-state index contributed by atoms with van der Waals surface area (Å²) in [5.74, 6) is 0.918. The highest BCUT2D eigenvalue weighted by molar-refractivity contribution is 5.93. The van der Waals surface area contributed by atoms with E-state index in [1.165, 1.54) is 16.7 Å². The standard InChI is InChI=1S/C24H25N3O/c1-28-21-4-2-3-17(13-21)11-12-26-20-8-6-19(7-9-20)23-16-27-24-10-5-18(15-25)14-22(23)24/h2-6,10,13-14,16,20,26-27H,7-9,11-12H2,1H3. The first-order valence-electron chi connectivity index (χ1n) is 9.84. The Hall–Kier alpha value is -3.03. The van der Waals surface area contributed by atoms with Crippen molar-refractivity contribution in [3.05, 3.63) is 71.4 Å². The van der Waals surface area contributed by atoms with Gasteiger partial charge >= 0.3 is 0 Å². The minimum absolute atomic E-state index is 0.522. The number of nitrogens with one attached hydrogen (secondary N) is 2. The third-order valence-corrected chi connectivity index (χ3v) is 5.55. The molecule has 1 unspecified atom stereocenters. The van der Waals surface area contributed by atoms with Crippen LogP contribution >= 0.6 is 0 Å². The molecule has 0 amide bonds. The van der Waals surface area contributed by atoms with Crippen LogP contribution in [0, 0.1) is 11.3 Å². The van der Waals surface area contributed by atoms with Crippen molar-refractivity contribution in [1.29, 1.82) is 5.26 Å². The van der Waals surface area contributed by atoms with Crippen LogP contribution < -0.4 is 10.1 Å². The molecule has 3 aromatic rings. The van der Waals surface area contributed by atoms with Crippen LogP contribution in [0.4, 0.5) is 0 Å². The molecule has 142 valence electrons. The molecule has 28 heavy (non-hydrogen) atoms. The molecule has 4 heteroatoms. The number of allylic oxidation sites excluding steroid dienone is 1. The molecule has 0 bridgehead atoms. The SMILES string of the molecule is COc1cccc(CCNC2CC=C(c3c[nH]c4ccc(C#N)cc34)CC2)c1. The minimum Gasteiger partial charge on any atom is -0.497 e. The van der Waals surface area contributed by atoms with Gasteiger partial charge < -0.3 is 15.0 Å². The quantitative estimate of drug-likeness (QED) is 0.653. The van der Waals surface area contributed by atoms with Crippen LogP contribution in [0.25, 0.3) is 16.5 Å². The molecule has 1 aliphatic rings. The first kappa shape index (κ1) is 18.3. The molecule has 4 rings (SSSR count). The van der Waals surface area contributed by atoms with E-state index in [9.17, 15) is 5.26 Å². The lowest BCUT2D eigenvalue weighted by Crippen LogP contribution is -2.31. The predicted molar refractivity (Wildman–Crippen MR) is 113 cm³/mol. The highest BCUT2D eigenvalue weighted by Crippen LogP contribution is 2.32. The van der Waals surface area contributed by atoms with Crippen molar-refractivity contribution < 1.29 is 4.74 Å². The normalized spacial score (nSPS) is 16.6. The van der Waals surface area contributed by atoms with Gasteiger partial charge in [0.2, 0.25) is 0 Å². The van der Waals surface area contributed by atoms with Crippen LogP contribution in [0.15, 0.2) is 54.7 Å². The van der Waals surface area contributed by atoms with Gasteiger partial charge in [0.25, 0.3) is 0 Å². The average Bonchev–Trinajstić information content (AvgIpc) is 3.17. The number of aromatic amines is 1. The Morgan fingerprint density at radius 2 is 2.18 bits per heavy atom. The molecule has 1 aromatic heterocycles. The van der Waals surface area contributed by atoms with E-state index in [0.29, 0.717) is 11.6 Å². The molecular weight excluding hydrogens is 346 g/mol. The van der Waals surface area contributed by atoms with Gasteiger partial charge in [0.05, 0.1) is 18.7 Å². The molecule has 0 saturated heterocycles. The number of fused-ring (bicyclic) bond motifs is 1. The largest absolute Gasteiger partial charge is 0.497 e. The number of hydrogen-bond acceptors (Lipinski definition) is 3. The molecule has 0 saturated carbocycles. The van der Waals surface area contributed by atoms with Crippen molar-refractivity contribution in [1.82, 2.24) is 10.3 Å². The van der Waals surface area contributed by atoms with E-state index in [2.05, 4.69) is 40.8 Å². The number of rotatable bonds is 6. The van der Waals surface area contributed by atoms with Crippen LogP contribution in [0.3, 0.4) is 0 Å². The summed E-state index contributed by atoms with van der Waals surface area (Å²) >= 11 is 0. The van der Waals surface area contributed by atoms with Gasteiger partial charge in [-0.15, -0.1) is 0 Å². The van der Waals surface area contributed by atoms with Crippen molar-refractivity contribution in [2.75, 3.05) is 13.7 Å². The first-order chi connectivity index (χ1) is 13.8. The highest BCUT2D eigenvalue weighted by Gasteiger charge is 2.17. The van der Waals surface area contributed by atoms with E-state index in [4.69, 9.17) is 4.74 Å². The Bertz CT molecular complexity index is 1040. The van der Waals surface area contributed by atoms with Gasteiger partial charge in [-0.2, -0.15) is 5.26 Å². The number of benzene rings is 2. The number of aromatic nitrogens is 1. The topological polar surface area (TPSA) is 60.8 Å². The summed E-state index contributed by atoms with van der Waals surface area (Å²) in [6, 6.07) is 16.9. The lowest BCUT2D eigenvalue weighted by Gasteiger charge is -2.23. The molecule has 2 N–H and O–H groups in total. The Morgan fingerprint density at radius 3 is 2.96 bits per heavy atom. The van der Waals surface area contributed by atoms with Crippen LogP contribution in [0.2, 0.25) is 0 Å². The van der Waals surface area contributed by atoms with Crippen LogP contribution in [-0.2, 0) is 6.42 Å². The lowest BCUT2D eigenvalue weighted by atomic mass is 9.90. The van der Waals surface area contributed by atoms with Gasteiger partial charge in [-0.3, -0.25) is 0 Å². The number of methoxy groups -OCH3 is 1. The number of H-pyrrole nitrogens is 1. The second-order valence-corrected chi connectivity index (χ2v) is 7.33. The summed E-state index contributed by atoms with van der Waals surface area (Å²) in [6.45, 7) is 0.972. The molecule has 1 atom stereocenters. The fourth-order valence-electron chi connectivity index (χ4n) is 3.97. The monoisotopic (exact) mass is 371 g/mol. The lowest BCUT2D eigenvalue weighted by molar-refractivity contribution is 0.414. The molecule has 0 fully saturated rings. The van der Waals surface area contributed by atoms with Crippen LogP contribution in [-0.4, -0.2) is 24.7 Å². The molecule has 0 spiro atoms. The van der Waals surface area contributed by atoms with E-state index in [1.54, 1.807) is 7.11 Å². The van der Waals surface area contributed by atoms with Crippen LogP contribution in [0.1, 0.15) is 36.0 Å². The minimum atomic E-state index is 0.522. The van der Waals surface area contributed by atoms with E-state index < -0.39 is 0 Å². The Morgan fingerprint density at radius 1 is 1.25 bits per heavy atom. The van der Waals surface area contributed by atoms with Crippen molar-refractivity contribution in [2.24, 2.45) is 0 Å². The number of nitriles is 1. The van der Waals surface area contributed by atoms with Gasteiger partial charge in [-0.05, 0) is 73.7 Å². The molecular formula is C24H25N3O.